The fourth-order valence-electron chi connectivity index (χ4n) is 3.42. The zero-order valence-corrected chi connectivity index (χ0v) is 14.6. The van der Waals surface area contributed by atoms with Crippen LogP contribution < -0.4 is 5.32 Å². The van der Waals surface area contributed by atoms with Crippen molar-refractivity contribution in [3.05, 3.63) is 95.6 Å². The maximum absolute atomic E-state index is 5.09. The summed E-state index contributed by atoms with van der Waals surface area (Å²) in [4.78, 5) is 5.09. The van der Waals surface area contributed by atoms with Crippen LogP contribution in [0.4, 0.5) is 11.4 Å². The Bertz CT molecular complexity index is 856. The van der Waals surface area contributed by atoms with E-state index in [0.29, 0.717) is 12.0 Å². The van der Waals surface area contributed by atoms with Gasteiger partial charge in [-0.2, -0.15) is 0 Å². The minimum absolute atomic E-state index is 0.434. The van der Waals surface area contributed by atoms with Gasteiger partial charge in [0.05, 0.1) is 17.1 Å². The molecule has 3 aromatic carbocycles. The van der Waals surface area contributed by atoms with E-state index in [1.165, 1.54) is 11.3 Å². The van der Waals surface area contributed by atoms with Gasteiger partial charge in [-0.1, -0.05) is 79.7 Å². The monoisotopic (exact) mass is 326 g/mol. The van der Waals surface area contributed by atoms with E-state index in [4.69, 9.17) is 4.99 Å². The van der Waals surface area contributed by atoms with Gasteiger partial charge in [0.2, 0.25) is 0 Å². The Labute approximate surface area is 149 Å². The highest BCUT2D eigenvalue weighted by Crippen LogP contribution is 2.41. The third kappa shape index (κ3) is 2.96. The predicted octanol–water partition coefficient (Wildman–Crippen LogP) is 5.77. The second-order valence-corrected chi connectivity index (χ2v) is 6.66. The number of para-hydroxylation sites is 1. The van der Waals surface area contributed by atoms with E-state index in [2.05, 4.69) is 85.9 Å². The summed E-state index contributed by atoms with van der Waals surface area (Å²) >= 11 is 0. The zero-order valence-electron chi connectivity index (χ0n) is 14.6. The van der Waals surface area contributed by atoms with E-state index in [1.54, 1.807) is 0 Å². The van der Waals surface area contributed by atoms with Gasteiger partial charge in [0.25, 0.3) is 0 Å². The molecule has 0 saturated carbocycles. The maximum atomic E-state index is 5.09. The molecule has 124 valence electrons. The number of nitrogens with one attached hydrogen (secondary N) is 1. The lowest BCUT2D eigenvalue weighted by Crippen LogP contribution is -2.12. The molecule has 1 N–H and O–H groups in total. The van der Waals surface area contributed by atoms with Gasteiger partial charge in [-0.05, 0) is 18.6 Å². The SMILES string of the molecule is C[C@@H]1Nc2c(N=C(c3ccccc3)c3ccccc3)cccc2[C@@H]1C. The number of anilines is 1. The first kappa shape index (κ1) is 15.6. The van der Waals surface area contributed by atoms with Crippen LogP contribution in [0.25, 0.3) is 0 Å². The van der Waals surface area contributed by atoms with Crippen LogP contribution in [0.15, 0.2) is 83.9 Å². The Kier molecular flexibility index (Phi) is 4.10. The number of rotatable bonds is 3. The van der Waals surface area contributed by atoms with Crippen molar-refractivity contribution in [1.82, 2.24) is 0 Å². The van der Waals surface area contributed by atoms with Crippen LogP contribution in [0.3, 0.4) is 0 Å². The molecule has 0 fully saturated rings. The molecule has 0 spiro atoms. The summed E-state index contributed by atoms with van der Waals surface area (Å²) in [6.45, 7) is 4.50. The summed E-state index contributed by atoms with van der Waals surface area (Å²) in [6.07, 6.45) is 0. The van der Waals surface area contributed by atoms with Crippen molar-refractivity contribution in [2.24, 2.45) is 4.99 Å². The molecular weight excluding hydrogens is 304 g/mol. The van der Waals surface area contributed by atoms with Crippen molar-refractivity contribution < 1.29 is 0 Å². The minimum Gasteiger partial charge on any atom is -0.380 e. The van der Waals surface area contributed by atoms with E-state index >= 15 is 0 Å². The molecule has 0 unspecified atom stereocenters. The average Bonchev–Trinajstić information content (AvgIpc) is 2.96. The molecule has 2 nitrogen and oxygen atoms in total. The largest absolute Gasteiger partial charge is 0.380 e. The molecule has 0 saturated heterocycles. The number of nitrogens with zero attached hydrogens (tertiary/aromatic N) is 1. The first-order valence-corrected chi connectivity index (χ1v) is 8.83. The zero-order chi connectivity index (χ0) is 17.2. The van der Waals surface area contributed by atoms with Crippen molar-refractivity contribution in [2.45, 2.75) is 25.8 Å². The van der Waals surface area contributed by atoms with E-state index in [9.17, 15) is 0 Å². The normalized spacial score (nSPS) is 18.3. The third-order valence-corrected chi connectivity index (χ3v) is 5.01. The van der Waals surface area contributed by atoms with Gasteiger partial charge in [0.15, 0.2) is 0 Å². The van der Waals surface area contributed by atoms with Crippen LogP contribution in [0.5, 0.6) is 0 Å². The van der Waals surface area contributed by atoms with E-state index in [1.807, 2.05) is 12.1 Å². The molecule has 2 atom stereocenters. The van der Waals surface area contributed by atoms with Gasteiger partial charge >= 0.3 is 0 Å². The molecule has 3 aromatic rings. The molecule has 0 radical (unpaired) electrons. The van der Waals surface area contributed by atoms with Crippen molar-refractivity contribution in [2.75, 3.05) is 5.32 Å². The summed E-state index contributed by atoms with van der Waals surface area (Å²) in [5.41, 5.74) is 6.80. The van der Waals surface area contributed by atoms with Crippen LogP contribution in [-0.4, -0.2) is 11.8 Å². The lowest BCUT2D eigenvalue weighted by molar-refractivity contribution is 0.690. The summed E-state index contributed by atoms with van der Waals surface area (Å²) in [7, 11) is 0. The second kappa shape index (κ2) is 6.56. The fourth-order valence-corrected chi connectivity index (χ4v) is 3.42. The van der Waals surface area contributed by atoms with Gasteiger partial charge < -0.3 is 5.32 Å². The number of hydrogen-bond acceptors (Lipinski definition) is 2. The Morgan fingerprint density at radius 3 is 1.96 bits per heavy atom. The maximum Gasteiger partial charge on any atom is 0.0871 e. The summed E-state index contributed by atoms with van der Waals surface area (Å²) in [6, 6.07) is 27.7. The number of hydrogen-bond donors (Lipinski definition) is 1. The van der Waals surface area contributed by atoms with Crippen molar-refractivity contribution >= 4 is 17.1 Å². The Hall–Kier alpha value is -2.87. The van der Waals surface area contributed by atoms with Crippen molar-refractivity contribution in [1.29, 1.82) is 0 Å². The predicted molar refractivity (Wildman–Crippen MR) is 106 cm³/mol. The smallest absolute Gasteiger partial charge is 0.0871 e. The van der Waals surface area contributed by atoms with Crippen LogP contribution >= 0.6 is 0 Å². The standard InChI is InChI=1S/C23H22N2/c1-16-17(2)24-23-20(16)14-9-15-21(23)25-22(18-10-5-3-6-11-18)19-12-7-4-8-13-19/h3-17,24H,1-2H3/t16-,17+/m1/s1. The van der Waals surface area contributed by atoms with E-state index < -0.39 is 0 Å². The molecular formula is C23H22N2. The highest BCUT2D eigenvalue weighted by Gasteiger charge is 2.27. The quantitative estimate of drug-likeness (QED) is 0.607. The summed E-state index contributed by atoms with van der Waals surface area (Å²) in [5, 5.41) is 3.62. The molecule has 2 heteroatoms. The molecule has 0 aliphatic carbocycles. The van der Waals surface area contributed by atoms with Crippen LogP contribution in [0, 0.1) is 0 Å². The van der Waals surface area contributed by atoms with Gasteiger partial charge in [0.1, 0.15) is 0 Å². The van der Waals surface area contributed by atoms with Crippen LogP contribution in [0.2, 0.25) is 0 Å². The molecule has 0 aromatic heterocycles. The number of fused-ring (bicyclic) bond motifs is 1. The molecule has 4 rings (SSSR count). The second-order valence-electron chi connectivity index (χ2n) is 6.66. The van der Waals surface area contributed by atoms with E-state index in [-0.39, 0.29) is 0 Å². The first-order valence-electron chi connectivity index (χ1n) is 8.83. The average molecular weight is 326 g/mol. The first-order chi connectivity index (χ1) is 12.2. The highest BCUT2D eigenvalue weighted by atomic mass is 15.0. The third-order valence-electron chi connectivity index (χ3n) is 5.01. The van der Waals surface area contributed by atoms with Crippen molar-refractivity contribution in [3.63, 3.8) is 0 Å². The number of benzene rings is 3. The minimum atomic E-state index is 0.434. The van der Waals surface area contributed by atoms with Gasteiger partial charge in [-0.3, -0.25) is 0 Å². The molecule has 1 heterocycles. The molecule has 0 bridgehead atoms. The van der Waals surface area contributed by atoms with Crippen molar-refractivity contribution in [3.8, 4) is 0 Å². The highest BCUT2D eigenvalue weighted by molar-refractivity contribution is 6.14. The molecule has 25 heavy (non-hydrogen) atoms. The van der Waals surface area contributed by atoms with Gasteiger partial charge in [0, 0.05) is 23.1 Å². The Balaban J connectivity index is 1.88. The fraction of sp³-hybridized carbons (Fsp3) is 0.174. The lowest BCUT2D eigenvalue weighted by Gasteiger charge is -2.11. The van der Waals surface area contributed by atoms with Gasteiger partial charge in [-0.25, -0.2) is 4.99 Å². The topological polar surface area (TPSA) is 24.4 Å². The lowest BCUT2D eigenvalue weighted by atomic mass is 9.98. The number of aliphatic imine (C=N–C) groups is 1. The van der Waals surface area contributed by atoms with Gasteiger partial charge in [-0.15, -0.1) is 0 Å². The Morgan fingerprint density at radius 2 is 1.36 bits per heavy atom. The van der Waals surface area contributed by atoms with Crippen LogP contribution in [0.1, 0.15) is 36.5 Å². The van der Waals surface area contributed by atoms with E-state index in [0.717, 1.165) is 22.5 Å². The molecule has 1 aliphatic heterocycles. The summed E-state index contributed by atoms with van der Waals surface area (Å²) < 4.78 is 0. The summed E-state index contributed by atoms with van der Waals surface area (Å²) in [5.74, 6) is 0.502. The van der Waals surface area contributed by atoms with Crippen LogP contribution in [-0.2, 0) is 0 Å². The Morgan fingerprint density at radius 1 is 0.760 bits per heavy atom. The molecule has 0 amide bonds. The molecule has 1 aliphatic rings.